The van der Waals surface area contributed by atoms with Gasteiger partial charge in [-0.1, -0.05) is 24.3 Å². The summed E-state index contributed by atoms with van der Waals surface area (Å²) in [5, 5.41) is 9.66. The summed E-state index contributed by atoms with van der Waals surface area (Å²) in [6.07, 6.45) is 2.33. The smallest absolute Gasteiger partial charge is 0.224 e. The lowest BCUT2D eigenvalue weighted by molar-refractivity contribution is -0.116. The summed E-state index contributed by atoms with van der Waals surface area (Å²) in [5.41, 5.74) is 3.60. The van der Waals surface area contributed by atoms with E-state index in [2.05, 4.69) is 21.9 Å². The molecule has 5 heteroatoms. The van der Waals surface area contributed by atoms with Crippen LogP contribution in [0.3, 0.4) is 0 Å². The van der Waals surface area contributed by atoms with Gasteiger partial charge in [-0.15, -0.1) is 11.3 Å². The summed E-state index contributed by atoms with van der Waals surface area (Å²) in [7, 11) is 0. The van der Waals surface area contributed by atoms with E-state index >= 15 is 0 Å². The standard InChI is InChI=1S/C19H21N3OS/c1-14-19(15(2)22(21-14)16-8-4-3-5-9-16)20-18(23)12-6-10-17-11-7-13-24-17/h3-5,7-9,11,13H,6,10,12H2,1-2H3,(H,20,23). The van der Waals surface area contributed by atoms with Gasteiger partial charge in [0, 0.05) is 11.3 Å². The zero-order chi connectivity index (χ0) is 16.9. The number of aromatic nitrogens is 2. The summed E-state index contributed by atoms with van der Waals surface area (Å²) in [5.74, 6) is 0.0466. The second-order valence-electron chi connectivity index (χ2n) is 5.77. The number of para-hydroxylation sites is 1. The Balaban J connectivity index is 1.64. The Labute approximate surface area is 146 Å². The van der Waals surface area contributed by atoms with E-state index in [1.165, 1.54) is 4.88 Å². The van der Waals surface area contributed by atoms with Gasteiger partial charge in [0.15, 0.2) is 0 Å². The van der Waals surface area contributed by atoms with Crippen LogP contribution < -0.4 is 5.32 Å². The lowest BCUT2D eigenvalue weighted by Crippen LogP contribution is -2.12. The topological polar surface area (TPSA) is 46.9 Å². The molecule has 1 N–H and O–H groups in total. The number of benzene rings is 1. The molecule has 2 heterocycles. The maximum absolute atomic E-state index is 12.2. The maximum atomic E-state index is 12.2. The normalized spacial score (nSPS) is 10.8. The molecule has 0 bridgehead atoms. The minimum Gasteiger partial charge on any atom is -0.323 e. The van der Waals surface area contributed by atoms with Crippen LogP contribution in [-0.2, 0) is 11.2 Å². The van der Waals surface area contributed by atoms with Crippen LogP contribution in [0, 0.1) is 13.8 Å². The highest BCUT2D eigenvalue weighted by Gasteiger charge is 2.15. The van der Waals surface area contributed by atoms with Gasteiger partial charge in [-0.05, 0) is 50.3 Å². The molecule has 2 aromatic heterocycles. The molecule has 4 nitrogen and oxygen atoms in total. The van der Waals surface area contributed by atoms with E-state index in [4.69, 9.17) is 0 Å². The molecule has 24 heavy (non-hydrogen) atoms. The van der Waals surface area contributed by atoms with Crippen LogP contribution in [0.1, 0.15) is 29.1 Å². The molecule has 3 rings (SSSR count). The van der Waals surface area contributed by atoms with E-state index < -0.39 is 0 Å². The van der Waals surface area contributed by atoms with Crippen LogP contribution in [0.2, 0.25) is 0 Å². The highest BCUT2D eigenvalue weighted by molar-refractivity contribution is 7.09. The average molecular weight is 339 g/mol. The second kappa shape index (κ2) is 7.45. The summed E-state index contributed by atoms with van der Waals surface area (Å²) < 4.78 is 1.87. The molecule has 0 saturated heterocycles. The van der Waals surface area contributed by atoms with Crippen LogP contribution in [0.4, 0.5) is 5.69 Å². The number of nitrogens with one attached hydrogen (secondary N) is 1. The Kier molecular flexibility index (Phi) is 5.11. The number of amides is 1. The molecule has 1 amide bonds. The molecule has 0 unspecified atom stereocenters. The number of aryl methyl sites for hydroxylation is 2. The average Bonchev–Trinajstić information content (AvgIpc) is 3.19. The number of rotatable bonds is 6. The van der Waals surface area contributed by atoms with Gasteiger partial charge in [-0.2, -0.15) is 5.10 Å². The highest BCUT2D eigenvalue weighted by Crippen LogP contribution is 2.23. The molecule has 0 radical (unpaired) electrons. The Bertz CT molecular complexity index is 807. The third-order valence-electron chi connectivity index (χ3n) is 3.96. The summed E-state index contributed by atoms with van der Waals surface area (Å²) in [6.45, 7) is 3.90. The van der Waals surface area contributed by atoms with Crippen molar-refractivity contribution in [3.63, 3.8) is 0 Å². The van der Waals surface area contributed by atoms with E-state index in [-0.39, 0.29) is 5.91 Å². The molecule has 0 spiro atoms. The molecule has 0 saturated carbocycles. The number of hydrogen-bond donors (Lipinski definition) is 1. The Morgan fingerprint density at radius 3 is 2.67 bits per heavy atom. The second-order valence-corrected chi connectivity index (χ2v) is 6.81. The zero-order valence-electron chi connectivity index (χ0n) is 14.0. The molecule has 0 aliphatic carbocycles. The molecule has 1 aromatic carbocycles. The minimum absolute atomic E-state index is 0.0466. The van der Waals surface area contributed by atoms with Gasteiger partial charge in [0.2, 0.25) is 5.91 Å². The third kappa shape index (κ3) is 3.74. The number of anilines is 1. The van der Waals surface area contributed by atoms with Gasteiger partial charge in [0.1, 0.15) is 0 Å². The van der Waals surface area contributed by atoms with Crippen molar-refractivity contribution in [3.8, 4) is 5.69 Å². The van der Waals surface area contributed by atoms with Gasteiger partial charge < -0.3 is 5.32 Å². The number of thiophene rings is 1. The molecule has 0 aliphatic heterocycles. The first-order valence-electron chi connectivity index (χ1n) is 8.09. The van der Waals surface area contributed by atoms with Crippen molar-refractivity contribution in [1.29, 1.82) is 0 Å². The summed E-state index contributed by atoms with van der Waals surface area (Å²) >= 11 is 1.74. The highest BCUT2D eigenvalue weighted by atomic mass is 32.1. The minimum atomic E-state index is 0.0466. The monoisotopic (exact) mass is 339 g/mol. The van der Waals surface area contributed by atoms with Gasteiger partial charge in [-0.3, -0.25) is 4.79 Å². The van der Waals surface area contributed by atoms with Crippen molar-refractivity contribution in [1.82, 2.24) is 9.78 Å². The quantitative estimate of drug-likeness (QED) is 0.718. The Hall–Kier alpha value is -2.40. The van der Waals surface area contributed by atoms with E-state index in [1.54, 1.807) is 11.3 Å². The first kappa shape index (κ1) is 16.5. The molecule has 0 atom stereocenters. The van der Waals surface area contributed by atoms with Gasteiger partial charge in [0.05, 0.1) is 22.8 Å². The predicted octanol–water partition coefficient (Wildman–Crippen LogP) is 4.51. The van der Waals surface area contributed by atoms with Crippen molar-refractivity contribution < 1.29 is 4.79 Å². The number of carbonyl (C=O) groups excluding carboxylic acids is 1. The number of carbonyl (C=O) groups is 1. The molecule has 0 fully saturated rings. The summed E-state index contributed by atoms with van der Waals surface area (Å²) in [4.78, 5) is 13.6. The largest absolute Gasteiger partial charge is 0.323 e. The first-order valence-corrected chi connectivity index (χ1v) is 8.97. The van der Waals surface area contributed by atoms with E-state index in [0.717, 1.165) is 35.6 Å². The maximum Gasteiger partial charge on any atom is 0.224 e. The summed E-state index contributed by atoms with van der Waals surface area (Å²) in [6, 6.07) is 14.1. The lowest BCUT2D eigenvalue weighted by atomic mass is 10.2. The van der Waals surface area contributed by atoms with Crippen molar-refractivity contribution in [2.75, 3.05) is 5.32 Å². The molecular formula is C19H21N3OS. The van der Waals surface area contributed by atoms with Gasteiger partial charge >= 0.3 is 0 Å². The molecular weight excluding hydrogens is 318 g/mol. The first-order chi connectivity index (χ1) is 11.6. The predicted molar refractivity (Wildman–Crippen MR) is 98.9 cm³/mol. The lowest BCUT2D eigenvalue weighted by Gasteiger charge is -2.07. The van der Waals surface area contributed by atoms with Crippen molar-refractivity contribution in [2.24, 2.45) is 0 Å². The van der Waals surface area contributed by atoms with Crippen LogP contribution >= 0.6 is 11.3 Å². The van der Waals surface area contributed by atoms with E-state index in [9.17, 15) is 4.79 Å². The Morgan fingerprint density at radius 2 is 1.96 bits per heavy atom. The van der Waals surface area contributed by atoms with Crippen LogP contribution in [-0.4, -0.2) is 15.7 Å². The van der Waals surface area contributed by atoms with Crippen LogP contribution in [0.5, 0.6) is 0 Å². The van der Waals surface area contributed by atoms with Crippen LogP contribution in [0.25, 0.3) is 5.69 Å². The van der Waals surface area contributed by atoms with Gasteiger partial charge in [-0.25, -0.2) is 4.68 Å². The van der Waals surface area contributed by atoms with Crippen molar-refractivity contribution >= 4 is 22.9 Å². The van der Waals surface area contributed by atoms with Crippen molar-refractivity contribution in [2.45, 2.75) is 33.1 Å². The SMILES string of the molecule is Cc1nn(-c2ccccc2)c(C)c1NC(=O)CCCc1cccs1. The van der Waals surface area contributed by atoms with Gasteiger partial charge in [0.25, 0.3) is 0 Å². The number of hydrogen-bond acceptors (Lipinski definition) is 3. The fraction of sp³-hybridized carbons (Fsp3) is 0.263. The van der Waals surface area contributed by atoms with E-state index in [1.807, 2.05) is 54.9 Å². The third-order valence-corrected chi connectivity index (χ3v) is 4.90. The van der Waals surface area contributed by atoms with E-state index in [0.29, 0.717) is 6.42 Å². The zero-order valence-corrected chi connectivity index (χ0v) is 14.8. The number of nitrogens with zero attached hydrogens (tertiary/aromatic N) is 2. The Morgan fingerprint density at radius 1 is 1.17 bits per heavy atom. The molecule has 0 aliphatic rings. The fourth-order valence-corrected chi connectivity index (χ4v) is 3.48. The fourth-order valence-electron chi connectivity index (χ4n) is 2.72. The van der Waals surface area contributed by atoms with Crippen molar-refractivity contribution in [3.05, 3.63) is 64.1 Å². The van der Waals surface area contributed by atoms with Crippen LogP contribution in [0.15, 0.2) is 47.8 Å². The molecule has 124 valence electrons. The molecule has 3 aromatic rings.